The minimum Gasteiger partial charge on any atom is -0.383 e. The Kier molecular flexibility index (Phi) is 10.5. The van der Waals surface area contributed by atoms with Gasteiger partial charge in [0.1, 0.15) is 6.04 Å². The molecular formula is C17H29Cl2N3O2. The average molecular weight is 378 g/mol. The van der Waals surface area contributed by atoms with E-state index in [0.29, 0.717) is 6.04 Å². The Morgan fingerprint density at radius 2 is 1.92 bits per heavy atom. The average Bonchev–Trinajstić information content (AvgIpc) is 2.53. The lowest BCUT2D eigenvalue weighted by atomic mass is 10.0. The summed E-state index contributed by atoms with van der Waals surface area (Å²) in [5, 5.41) is 0. The zero-order valence-electron chi connectivity index (χ0n) is 14.6. The molecule has 1 aliphatic rings. The van der Waals surface area contributed by atoms with E-state index in [2.05, 4.69) is 11.8 Å². The second-order valence-electron chi connectivity index (χ2n) is 6.05. The Morgan fingerprint density at radius 1 is 1.29 bits per heavy atom. The number of piperazine rings is 1. The molecule has 5 nitrogen and oxygen atoms in total. The Hall–Kier alpha value is -0.850. The molecule has 0 bridgehead atoms. The molecule has 1 amide bonds. The molecule has 0 aromatic heterocycles. The first-order valence-corrected chi connectivity index (χ1v) is 7.87. The van der Waals surface area contributed by atoms with Crippen LogP contribution in [0.4, 0.5) is 0 Å². The lowest BCUT2D eigenvalue weighted by Crippen LogP contribution is -2.55. The van der Waals surface area contributed by atoms with E-state index in [0.717, 1.165) is 38.3 Å². The summed E-state index contributed by atoms with van der Waals surface area (Å²) in [6.45, 7) is 8.13. The highest BCUT2D eigenvalue weighted by atomic mass is 35.5. The summed E-state index contributed by atoms with van der Waals surface area (Å²) in [7, 11) is 1.71. The van der Waals surface area contributed by atoms with Gasteiger partial charge in [-0.2, -0.15) is 0 Å². The number of halogens is 2. The SMILES string of the molecule is COCCN1CCN(C(=O)C(N)c2ccc(C)cc2)CC1C.Cl.Cl. The number of methoxy groups -OCH3 is 1. The molecule has 2 atom stereocenters. The predicted octanol–water partition coefficient (Wildman–Crippen LogP) is 2.02. The molecule has 0 saturated carbocycles. The van der Waals surface area contributed by atoms with Crippen LogP contribution in [0, 0.1) is 6.92 Å². The molecule has 0 aliphatic carbocycles. The zero-order chi connectivity index (χ0) is 16.1. The first-order valence-electron chi connectivity index (χ1n) is 7.87. The number of benzene rings is 1. The number of nitrogens with two attached hydrogens (primary N) is 1. The van der Waals surface area contributed by atoms with E-state index in [-0.39, 0.29) is 30.7 Å². The van der Waals surface area contributed by atoms with Crippen molar-refractivity contribution in [2.75, 3.05) is 39.9 Å². The van der Waals surface area contributed by atoms with Crippen LogP contribution in [0.5, 0.6) is 0 Å². The van der Waals surface area contributed by atoms with Gasteiger partial charge in [-0.1, -0.05) is 29.8 Å². The quantitative estimate of drug-likeness (QED) is 0.852. The van der Waals surface area contributed by atoms with Crippen LogP contribution in [0.3, 0.4) is 0 Å². The van der Waals surface area contributed by atoms with Crippen molar-refractivity contribution in [3.8, 4) is 0 Å². The van der Waals surface area contributed by atoms with Gasteiger partial charge in [0.25, 0.3) is 0 Å². The van der Waals surface area contributed by atoms with Crippen molar-refractivity contribution in [2.45, 2.75) is 25.9 Å². The van der Waals surface area contributed by atoms with E-state index in [1.165, 1.54) is 5.56 Å². The lowest BCUT2D eigenvalue weighted by molar-refractivity contribution is -0.135. The second kappa shape index (κ2) is 10.9. The van der Waals surface area contributed by atoms with E-state index >= 15 is 0 Å². The van der Waals surface area contributed by atoms with Crippen molar-refractivity contribution in [3.63, 3.8) is 0 Å². The monoisotopic (exact) mass is 377 g/mol. The Labute approximate surface area is 157 Å². The van der Waals surface area contributed by atoms with Crippen LogP contribution in [0.2, 0.25) is 0 Å². The van der Waals surface area contributed by atoms with Gasteiger partial charge in [0, 0.05) is 39.3 Å². The van der Waals surface area contributed by atoms with Crippen LogP contribution in [0.25, 0.3) is 0 Å². The fraction of sp³-hybridized carbons (Fsp3) is 0.588. The van der Waals surface area contributed by atoms with Crippen LogP contribution in [0.15, 0.2) is 24.3 Å². The highest BCUT2D eigenvalue weighted by Gasteiger charge is 2.29. The molecule has 1 saturated heterocycles. The van der Waals surface area contributed by atoms with Crippen molar-refractivity contribution in [2.24, 2.45) is 5.73 Å². The molecule has 1 fully saturated rings. The van der Waals surface area contributed by atoms with Crippen LogP contribution in [0.1, 0.15) is 24.1 Å². The largest absolute Gasteiger partial charge is 0.383 e. The summed E-state index contributed by atoms with van der Waals surface area (Å²) in [6.07, 6.45) is 0. The summed E-state index contributed by atoms with van der Waals surface area (Å²) in [5.41, 5.74) is 8.20. The molecule has 2 N–H and O–H groups in total. The van der Waals surface area contributed by atoms with Crippen LogP contribution in [-0.4, -0.2) is 61.6 Å². The molecule has 0 spiro atoms. The standard InChI is InChI=1S/C17H27N3O2.2ClH/c1-13-4-6-15(7-5-13)16(18)17(21)20-9-8-19(10-11-22-3)14(2)12-20;;/h4-7,14,16H,8-12,18H2,1-3H3;2*1H. The number of amides is 1. The molecule has 2 unspecified atom stereocenters. The van der Waals surface area contributed by atoms with Gasteiger partial charge in [-0.05, 0) is 19.4 Å². The van der Waals surface area contributed by atoms with Gasteiger partial charge in [-0.3, -0.25) is 9.69 Å². The van der Waals surface area contributed by atoms with Crippen molar-refractivity contribution in [1.82, 2.24) is 9.80 Å². The molecule has 0 radical (unpaired) electrons. The van der Waals surface area contributed by atoms with Crippen molar-refractivity contribution >= 4 is 30.7 Å². The summed E-state index contributed by atoms with van der Waals surface area (Å²) in [6, 6.07) is 7.63. The van der Waals surface area contributed by atoms with Gasteiger partial charge in [0.05, 0.1) is 6.61 Å². The number of ether oxygens (including phenoxy) is 1. The minimum absolute atomic E-state index is 0. The third kappa shape index (κ3) is 5.90. The van der Waals surface area contributed by atoms with E-state index in [1.54, 1.807) is 7.11 Å². The third-order valence-electron chi connectivity index (χ3n) is 4.36. The van der Waals surface area contributed by atoms with E-state index in [4.69, 9.17) is 10.5 Å². The molecule has 2 rings (SSSR count). The van der Waals surface area contributed by atoms with Gasteiger partial charge in [-0.15, -0.1) is 24.8 Å². The van der Waals surface area contributed by atoms with Crippen molar-refractivity contribution in [3.05, 3.63) is 35.4 Å². The number of hydrogen-bond donors (Lipinski definition) is 1. The van der Waals surface area contributed by atoms with Crippen LogP contribution >= 0.6 is 24.8 Å². The van der Waals surface area contributed by atoms with E-state index in [1.807, 2.05) is 36.1 Å². The van der Waals surface area contributed by atoms with Gasteiger partial charge >= 0.3 is 0 Å². The van der Waals surface area contributed by atoms with Gasteiger partial charge in [-0.25, -0.2) is 0 Å². The summed E-state index contributed by atoms with van der Waals surface area (Å²) in [4.78, 5) is 16.8. The number of nitrogens with zero attached hydrogens (tertiary/aromatic N) is 2. The maximum Gasteiger partial charge on any atom is 0.244 e. The summed E-state index contributed by atoms with van der Waals surface area (Å²) >= 11 is 0. The number of hydrogen-bond acceptors (Lipinski definition) is 4. The molecule has 138 valence electrons. The predicted molar refractivity (Wildman–Crippen MR) is 102 cm³/mol. The van der Waals surface area contributed by atoms with E-state index < -0.39 is 6.04 Å². The molecule has 1 aromatic carbocycles. The van der Waals surface area contributed by atoms with Crippen LogP contribution < -0.4 is 5.73 Å². The molecular weight excluding hydrogens is 349 g/mol. The van der Waals surface area contributed by atoms with E-state index in [9.17, 15) is 4.79 Å². The van der Waals surface area contributed by atoms with Crippen LogP contribution in [-0.2, 0) is 9.53 Å². The fourth-order valence-corrected chi connectivity index (χ4v) is 2.85. The van der Waals surface area contributed by atoms with Gasteiger partial charge in [0.2, 0.25) is 5.91 Å². The third-order valence-corrected chi connectivity index (χ3v) is 4.36. The Balaban J connectivity index is 0.00000264. The summed E-state index contributed by atoms with van der Waals surface area (Å²) in [5.74, 6) is 0.0158. The Bertz CT molecular complexity index is 499. The van der Waals surface area contributed by atoms with Gasteiger partial charge < -0.3 is 15.4 Å². The summed E-state index contributed by atoms with van der Waals surface area (Å²) < 4.78 is 5.13. The lowest BCUT2D eigenvalue weighted by Gasteiger charge is -2.40. The first-order chi connectivity index (χ1) is 10.5. The first kappa shape index (κ1) is 23.1. The van der Waals surface area contributed by atoms with Crippen molar-refractivity contribution in [1.29, 1.82) is 0 Å². The maximum atomic E-state index is 12.6. The minimum atomic E-state index is -0.571. The maximum absolute atomic E-state index is 12.6. The highest BCUT2D eigenvalue weighted by molar-refractivity contribution is 5.85. The molecule has 24 heavy (non-hydrogen) atoms. The topological polar surface area (TPSA) is 58.8 Å². The number of rotatable bonds is 5. The molecule has 1 aromatic rings. The smallest absolute Gasteiger partial charge is 0.244 e. The highest BCUT2D eigenvalue weighted by Crippen LogP contribution is 2.17. The van der Waals surface area contributed by atoms with Gasteiger partial charge in [0.15, 0.2) is 0 Å². The number of aryl methyl sites for hydroxylation is 1. The Morgan fingerprint density at radius 3 is 2.46 bits per heavy atom. The number of carbonyl (C=O) groups is 1. The molecule has 1 heterocycles. The number of carbonyl (C=O) groups excluding carboxylic acids is 1. The molecule has 7 heteroatoms. The second-order valence-corrected chi connectivity index (χ2v) is 6.05. The molecule has 1 aliphatic heterocycles. The fourth-order valence-electron chi connectivity index (χ4n) is 2.85. The zero-order valence-corrected chi connectivity index (χ0v) is 16.2. The van der Waals surface area contributed by atoms with Crippen molar-refractivity contribution < 1.29 is 9.53 Å². The normalized spacial score (nSPS) is 19.2.